The Kier molecular flexibility index (Phi) is 4.17. The minimum absolute atomic E-state index is 0.454. The maximum atomic E-state index is 6.22. The third-order valence-electron chi connectivity index (χ3n) is 4.37. The highest BCUT2D eigenvalue weighted by atomic mass is 35.5. The SMILES string of the molecule is CCC1(C(NC)c2cc(C)c(Cl)s2)CCCC1. The van der Waals surface area contributed by atoms with Crippen LogP contribution < -0.4 is 5.32 Å². The van der Waals surface area contributed by atoms with Crippen LogP contribution in [0.1, 0.15) is 55.5 Å². The predicted molar refractivity (Wildman–Crippen MR) is 77.1 cm³/mol. The Morgan fingerprint density at radius 3 is 2.53 bits per heavy atom. The van der Waals surface area contributed by atoms with Gasteiger partial charge in [-0.05, 0) is 50.3 Å². The molecule has 0 spiro atoms. The molecule has 0 amide bonds. The van der Waals surface area contributed by atoms with E-state index in [4.69, 9.17) is 11.6 Å². The van der Waals surface area contributed by atoms with Crippen LogP contribution in [0.15, 0.2) is 6.07 Å². The van der Waals surface area contributed by atoms with Gasteiger partial charge in [-0.2, -0.15) is 0 Å². The van der Waals surface area contributed by atoms with Crippen LogP contribution in [0, 0.1) is 12.3 Å². The quantitative estimate of drug-likeness (QED) is 0.818. The standard InChI is InChI=1S/C14H22ClNS/c1-4-14(7-5-6-8-14)12(16-3)11-9-10(2)13(15)17-11/h9,12,16H,4-8H2,1-3H3. The van der Waals surface area contributed by atoms with Crippen molar-refractivity contribution in [2.24, 2.45) is 5.41 Å². The molecule has 17 heavy (non-hydrogen) atoms. The second-order valence-corrected chi connectivity index (χ2v) is 6.94. The number of rotatable bonds is 4. The molecule has 1 unspecified atom stereocenters. The molecule has 1 aromatic rings. The lowest BCUT2D eigenvalue weighted by Gasteiger charge is -2.36. The molecule has 3 heteroatoms. The Labute approximate surface area is 114 Å². The molecule has 2 rings (SSSR count). The van der Waals surface area contributed by atoms with Crippen LogP contribution in [-0.2, 0) is 0 Å². The molecule has 1 atom stereocenters. The highest BCUT2D eigenvalue weighted by Crippen LogP contribution is 2.51. The minimum atomic E-state index is 0.454. The van der Waals surface area contributed by atoms with Crippen LogP contribution in [0.2, 0.25) is 4.34 Å². The third kappa shape index (κ3) is 2.40. The van der Waals surface area contributed by atoms with E-state index in [0.717, 1.165) is 4.34 Å². The van der Waals surface area contributed by atoms with E-state index in [-0.39, 0.29) is 0 Å². The van der Waals surface area contributed by atoms with E-state index in [0.29, 0.717) is 11.5 Å². The van der Waals surface area contributed by atoms with Crippen LogP contribution in [0.3, 0.4) is 0 Å². The van der Waals surface area contributed by atoms with Crippen molar-refractivity contribution in [1.29, 1.82) is 0 Å². The molecule has 1 heterocycles. The molecular weight excluding hydrogens is 250 g/mol. The van der Waals surface area contributed by atoms with Crippen molar-refractivity contribution in [3.8, 4) is 0 Å². The predicted octanol–water partition coefficient (Wildman–Crippen LogP) is 4.94. The molecule has 0 saturated heterocycles. The summed E-state index contributed by atoms with van der Waals surface area (Å²) >= 11 is 7.97. The summed E-state index contributed by atoms with van der Waals surface area (Å²) in [5.74, 6) is 0. The van der Waals surface area contributed by atoms with Crippen molar-refractivity contribution in [1.82, 2.24) is 5.32 Å². The molecule has 0 radical (unpaired) electrons. The lowest BCUT2D eigenvalue weighted by atomic mass is 9.75. The van der Waals surface area contributed by atoms with Crippen molar-refractivity contribution >= 4 is 22.9 Å². The van der Waals surface area contributed by atoms with Gasteiger partial charge >= 0.3 is 0 Å². The fourth-order valence-electron chi connectivity index (χ4n) is 3.30. The lowest BCUT2D eigenvalue weighted by Crippen LogP contribution is -2.33. The van der Waals surface area contributed by atoms with Crippen LogP contribution in [0.5, 0.6) is 0 Å². The van der Waals surface area contributed by atoms with E-state index in [1.807, 2.05) is 0 Å². The summed E-state index contributed by atoms with van der Waals surface area (Å²) in [6.07, 6.45) is 6.72. The molecule has 0 aliphatic heterocycles. The number of thiophene rings is 1. The smallest absolute Gasteiger partial charge is 0.0960 e. The fraction of sp³-hybridized carbons (Fsp3) is 0.714. The zero-order valence-electron chi connectivity index (χ0n) is 11.0. The second-order valence-electron chi connectivity index (χ2n) is 5.25. The second kappa shape index (κ2) is 5.29. The molecule has 1 aliphatic carbocycles. The first-order valence-electron chi connectivity index (χ1n) is 6.56. The van der Waals surface area contributed by atoms with Gasteiger partial charge in [-0.3, -0.25) is 0 Å². The number of halogens is 1. The van der Waals surface area contributed by atoms with Crippen LogP contribution in [-0.4, -0.2) is 7.05 Å². The molecule has 0 bridgehead atoms. The Balaban J connectivity index is 2.31. The normalized spacial score (nSPS) is 20.7. The molecule has 1 aliphatic rings. The number of hydrogen-bond acceptors (Lipinski definition) is 2. The van der Waals surface area contributed by atoms with E-state index in [9.17, 15) is 0 Å². The van der Waals surface area contributed by atoms with Gasteiger partial charge in [0.25, 0.3) is 0 Å². The first kappa shape index (κ1) is 13.4. The van der Waals surface area contributed by atoms with Crippen molar-refractivity contribution in [3.63, 3.8) is 0 Å². The maximum Gasteiger partial charge on any atom is 0.0960 e. The zero-order valence-corrected chi connectivity index (χ0v) is 12.5. The van der Waals surface area contributed by atoms with E-state index in [1.54, 1.807) is 11.3 Å². The van der Waals surface area contributed by atoms with Gasteiger partial charge in [0, 0.05) is 10.9 Å². The monoisotopic (exact) mass is 271 g/mol. The maximum absolute atomic E-state index is 6.22. The van der Waals surface area contributed by atoms with Gasteiger partial charge in [-0.1, -0.05) is 31.4 Å². The van der Waals surface area contributed by atoms with Crippen LogP contribution in [0.4, 0.5) is 0 Å². The van der Waals surface area contributed by atoms with Crippen molar-refractivity contribution in [2.75, 3.05) is 7.05 Å². The van der Waals surface area contributed by atoms with Crippen molar-refractivity contribution in [2.45, 2.75) is 52.0 Å². The molecule has 1 saturated carbocycles. The van der Waals surface area contributed by atoms with Crippen LogP contribution >= 0.6 is 22.9 Å². The Morgan fingerprint density at radius 2 is 2.12 bits per heavy atom. The summed E-state index contributed by atoms with van der Waals surface area (Å²) in [4.78, 5) is 1.42. The van der Waals surface area contributed by atoms with E-state index >= 15 is 0 Å². The van der Waals surface area contributed by atoms with Gasteiger partial charge in [0.05, 0.1) is 4.34 Å². The van der Waals surface area contributed by atoms with Gasteiger partial charge in [0.1, 0.15) is 0 Å². The summed E-state index contributed by atoms with van der Waals surface area (Å²) < 4.78 is 0.949. The Hall–Kier alpha value is -0.0500. The summed E-state index contributed by atoms with van der Waals surface area (Å²) in [7, 11) is 2.09. The molecule has 96 valence electrons. The van der Waals surface area contributed by atoms with Crippen molar-refractivity contribution < 1.29 is 0 Å². The largest absolute Gasteiger partial charge is 0.312 e. The van der Waals surface area contributed by atoms with Gasteiger partial charge in [0.15, 0.2) is 0 Å². The number of aryl methyl sites for hydroxylation is 1. The molecule has 1 N–H and O–H groups in total. The molecular formula is C14H22ClNS. The highest BCUT2D eigenvalue weighted by Gasteiger charge is 2.40. The summed E-state index contributed by atoms with van der Waals surface area (Å²) in [6, 6.07) is 2.75. The van der Waals surface area contributed by atoms with E-state index in [2.05, 4.69) is 32.3 Å². The zero-order chi connectivity index (χ0) is 12.5. The third-order valence-corrected chi connectivity index (χ3v) is 5.99. The highest BCUT2D eigenvalue weighted by molar-refractivity contribution is 7.16. The van der Waals surface area contributed by atoms with Gasteiger partial charge < -0.3 is 5.32 Å². The summed E-state index contributed by atoms with van der Waals surface area (Å²) in [5.41, 5.74) is 1.67. The Morgan fingerprint density at radius 1 is 1.47 bits per heavy atom. The van der Waals surface area contributed by atoms with E-state index in [1.165, 1.54) is 42.5 Å². The first-order chi connectivity index (χ1) is 8.13. The average molecular weight is 272 g/mol. The van der Waals surface area contributed by atoms with E-state index < -0.39 is 0 Å². The van der Waals surface area contributed by atoms with Gasteiger partial charge in [-0.15, -0.1) is 11.3 Å². The number of hydrogen-bond donors (Lipinski definition) is 1. The molecule has 1 aromatic heterocycles. The lowest BCUT2D eigenvalue weighted by molar-refractivity contribution is 0.198. The van der Waals surface area contributed by atoms with Crippen LogP contribution in [0.25, 0.3) is 0 Å². The average Bonchev–Trinajstić information content (AvgIpc) is 2.90. The summed E-state index contributed by atoms with van der Waals surface area (Å²) in [5, 5.41) is 3.54. The van der Waals surface area contributed by atoms with Gasteiger partial charge in [-0.25, -0.2) is 0 Å². The molecule has 1 fully saturated rings. The topological polar surface area (TPSA) is 12.0 Å². The first-order valence-corrected chi connectivity index (χ1v) is 7.75. The van der Waals surface area contributed by atoms with Gasteiger partial charge in [0.2, 0.25) is 0 Å². The van der Waals surface area contributed by atoms with Crippen molar-refractivity contribution in [3.05, 3.63) is 20.8 Å². The summed E-state index contributed by atoms with van der Waals surface area (Å²) in [6.45, 7) is 4.43. The fourth-order valence-corrected chi connectivity index (χ4v) is 4.77. The number of nitrogens with one attached hydrogen (secondary N) is 1. The Bertz CT molecular complexity index is 360. The minimum Gasteiger partial charge on any atom is -0.312 e. The molecule has 0 aromatic carbocycles. The molecule has 1 nitrogen and oxygen atoms in total.